The quantitative estimate of drug-likeness (QED) is 0.879. The number of ether oxygens (including phenoxy) is 1. The van der Waals surface area contributed by atoms with Crippen LogP contribution in [0.3, 0.4) is 0 Å². The van der Waals surface area contributed by atoms with Crippen LogP contribution in [0.15, 0.2) is 48.5 Å². The van der Waals surface area contributed by atoms with Crippen molar-refractivity contribution in [3.05, 3.63) is 54.1 Å². The highest BCUT2D eigenvalue weighted by Gasteiger charge is 2.19. The maximum atomic E-state index is 12.6. The first-order valence-electron chi connectivity index (χ1n) is 9.01. The lowest BCUT2D eigenvalue weighted by Gasteiger charge is -2.30. The summed E-state index contributed by atoms with van der Waals surface area (Å²) in [5, 5.41) is 3.04. The van der Waals surface area contributed by atoms with Crippen molar-refractivity contribution >= 4 is 17.3 Å². The van der Waals surface area contributed by atoms with E-state index in [1.807, 2.05) is 49.4 Å². The number of nitrogens with one attached hydrogen (secondary N) is 1. The summed E-state index contributed by atoms with van der Waals surface area (Å²) in [7, 11) is 0. The van der Waals surface area contributed by atoms with Crippen molar-refractivity contribution in [1.29, 1.82) is 0 Å². The zero-order valence-electron chi connectivity index (χ0n) is 15.0. The molecular weight excluding hydrogens is 312 g/mol. The third kappa shape index (κ3) is 4.53. The van der Waals surface area contributed by atoms with E-state index < -0.39 is 6.10 Å². The summed E-state index contributed by atoms with van der Waals surface area (Å²) >= 11 is 0. The molecule has 1 aliphatic heterocycles. The summed E-state index contributed by atoms with van der Waals surface area (Å²) in [5.74, 6) is 0.581. The Bertz CT molecular complexity index is 723. The number of hydrogen-bond acceptors (Lipinski definition) is 3. The monoisotopic (exact) mass is 338 g/mol. The standard InChI is InChI=1S/C21H26N2O2/c1-16-9-8-10-18(15-16)25-17(2)21(24)22-19-11-4-5-12-20(19)23-13-6-3-7-14-23/h4-5,8-12,15,17H,3,6-7,13-14H2,1-2H3,(H,22,24)/t17-/m0/s1. The Hall–Kier alpha value is -2.49. The van der Waals surface area contributed by atoms with Crippen molar-refractivity contribution in [2.24, 2.45) is 0 Å². The number of hydrogen-bond donors (Lipinski definition) is 1. The predicted molar refractivity (Wildman–Crippen MR) is 102 cm³/mol. The largest absolute Gasteiger partial charge is 0.481 e. The fourth-order valence-corrected chi connectivity index (χ4v) is 3.17. The number of aryl methyl sites for hydroxylation is 1. The van der Waals surface area contributed by atoms with Crippen LogP contribution in [-0.4, -0.2) is 25.1 Å². The molecule has 0 unspecified atom stereocenters. The van der Waals surface area contributed by atoms with Gasteiger partial charge in [0, 0.05) is 13.1 Å². The zero-order valence-corrected chi connectivity index (χ0v) is 15.0. The van der Waals surface area contributed by atoms with Crippen molar-refractivity contribution in [3.63, 3.8) is 0 Å². The molecule has 1 heterocycles. The van der Waals surface area contributed by atoms with Crippen molar-refractivity contribution in [1.82, 2.24) is 0 Å². The van der Waals surface area contributed by atoms with Crippen LogP contribution in [0.2, 0.25) is 0 Å². The summed E-state index contributed by atoms with van der Waals surface area (Å²) in [6.45, 7) is 5.87. The van der Waals surface area contributed by atoms with Gasteiger partial charge < -0.3 is 15.0 Å². The van der Waals surface area contributed by atoms with Crippen molar-refractivity contribution in [2.75, 3.05) is 23.3 Å². The summed E-state index contributed by atoms with van der Waals surface area (Å²) in [6, 6.07) is 15.8. The number of piperidine rings is 1. The van der Waals surface area contributed by atoms with Gasteiger partial charge in [-0.3, -0.25) is 4.79 Å². The maximum absolute atomic E-state index is 12.6. The van der Waals surface area contributed by atoms with Gasteiger partial charge in [0.15, 0.2) is 6.10 Å². The van der Waals surface area contributed by atoms with Gasteiger partial charge >= 0.3 is 0 Å². The molecule has 1 fully saturated rings. The first-order chi connectivity index (χ1) is 12.1. The molecule has 0 radical (unpaired) electrons. The summed E-state index contributed by atoms with van der Waals surface area (Å²) in [5.41, 5.74) is 3.06. The second-order valence-electron chi connectivity index (χ2n) is 6.63. The highest BCUT2D eigenvalue weighted by atomic mass is 16.5. The van der Waals surface area contributed by atoms with E-state index in [1.165, 1.54) is 19.3 Å². The second-order valence-corrected chi connectivity index (χ2v) is 6.63. The molecule has 0 saturated carbocycles. The molecule has 4 heteroatoms. The van der Waals surface area contributed by atoms with Crippen molar-refractivity contribution in [3.8, 4) is 5.75 Å². The van der Waals surface area contributed by atoms with Crippen LogP contribution in [0.25, 0.3) is 0 Å². The Kier molecular flexibility index (Phi) is 5.59. The van der Waals surface area contributed by atoms with Gasteiger partial charge in [0.25, 0.3) is 5.91 Å². The van der Waals surface area contributed by atoms with Crippen LogP contribution < -0.4 is 15.0 Å². The third-order valence-electron chi connectivity index (χ3n) is 4.53. The minimum Gasteiger partial charge on any atom is -0.481 e. The molecule has 1 atom stereocenters. The van der Waals surface area contributed by atoms with Gasteiger partial charge in [0.05, 0.1) is 11.4 Å². The van der Waals surface area contributed by atoms with Gasteiger partial charge in [-0.1, -0.05) is 24.3 Å². The van der Waals surface area contributed by atoms with Gasteiger partial charge in [-0.15, -0.1) is 0 Å². The number of carbonyl (C=O) groups is 1. The average Bonchev–Trinajstić information content (AvgIpc) is 2.63. The van der Waals surface area contributed by atoms with Crippen LogP contribution in [-0.2, 0) is 4.79 Å². The molecule has 3 rings (SSSR count). The summed E-state index contributed by atoms with van der Waals surface area (Å²) in [4.78, 5) is 14.9. The lowest BCUT2D eigenvalue weighted by atomic mass is 10.1. The first-order valence-corrected chi connectivity index (χ1v) is 9.01. The van der Waals surface area contributed by atoms with Crippen LogP contribution in [0, 0.1) is 6.92 Å². The Morgan fingerprint density at radius 3 is 2.60 bits per heavy atom. The number of rotatable bonds is 5. The third-order valence-corrected chi connectivity index (χ3v) is 4.53. The number of para-hydroxylation sites is 2. The summed E-state index contributed by atoms with van der Waals surface area (Å²) < 4.78 is 5.79. The highest BCUT2D eigenvalue weighted by Crippen LogP contribution is 2.28. The molecule has 1 N–H and O–H groups in total. The molecule has 0 bridgehead atoms. The maximum Gasteiger partial charge on any atom is 0.265 e. The minimum atomic E-state index is -0.559. The van der Waals surface area contributed by atoms with E-state index >= 15 is 0 Å². The van der Waals surface area contributed by atoms with Crippen molar-refractivity contribution in [2.45, 2.75) is 39.2 Å². The van der Waals surface area contributed by atoms with Gasteiger partial charge in [0.1, 0.15) is 5.75 Å². The number of carbonyl (C=O) groups excluding carboxylic acids is 1. The Morgan fingerprint density at radius 2 is 1.84 bits per heavy atom. The Morgan fingerprint density at radius 1 is 1.08 bits per heavy atom. The fraction of sp³-hybridized carbons (Fsp3) is 0.381. The lowest BCUT2D eigenvalue weighted by molar-refractivity contribution is -0.122. The normalized spacial score (nSPS) is 15.5. The van der Waals surface area contributed by atoms with E-state index in [0.29, 0.717) is 5.75 Å². The van der Waals surface area contributed by atoms with E-state index in [1.54, 1.807) is 6.92 Å². The minimum absolute atomic E-state index is 0.133. The smallest absolute Gasteiger partial charge is 0.265 e. The fourth-order valence-electron chi connectivity index (χ4n) is 3.17. The number of benzene rings is 2. The first kappa shape index (κ1) is 17.3. The Labute approximate surface area is 149 Å². The van der Waals surface area contributed by atoms with Gasteiger partial charge in [-0.2, -0.15) is 0 Å². The van der Waals surface area contributed by atoms with Crippen LogP contribution in [0.5, 0.6) is 5.75 Å². The molecule has 2 aromatic rings. The zero-order chi connectivity index (χ0) is 17.6. The predicted octanol–water partition coefficient (Wildman–Crippen LogP) is 4.39. The van der Waals surface area contributed by atoms with E-state index in [4.69, 9.17) is 4.74 Å². The molecule has 2 aromatic carbocycles. The molecule has 0 aromatic heterocycles. The second kappa shape index (κ2) is 8.06. The lowest BCUT2D eigenvalue weighted by Crippen LogP contribution is -2.33. The molecular formula is C21H26N2O2. The molecule has 1 aliphatic rings. The Balaban J connectivity index is 1.68. The molecule has 4 nitrogen and oxygen atoms in total. The molecule has 0 spiro atoms. The molecule has 1 amide bonds. The molecule has 1 saturated heterocycles. The topological polar surface area (TPSA) is 41.6 Å². The molecule has 132 valence electrons. The van der Waals surface area contributed by atoms with Crippen molar-refractivity contribution < 1.29 is 9.53 Å². The molecule has 0 aliphatic carbocycles. The van der Waals surface area contributed by atoms with Gasteiger partial charge in [0.2, 0.25) is 0 Å². The SMILES string of the molecule is Cc1cccc(O[C@@H](C)C(=O)Nc2ccccc2N2CCCCC2)c1. The van der Waals surface area contributed by atoms with Gasteiger partial charge in [-0.25, -0.2) is 0 Å². The van der Waals surface area contributed by atoms with Crippen LogP contribution in [0.4, 0.5) is 11.4 Å². The highest BCUT2D eigenvalue weighted by molar-refractivity contribution is 5.97. The average molecular weight is 338 g/mol. The van der Waals surface area contributed by atoms with E-state index in [0.717, 1.165) is 30.0 Å². The van der Waals surface area contributed by atoms with Crippen LogP contribution >= 0.6 is 0 Å². The number of amides is 1. The number of nitrogens with zero attached hydrogens (tertiary/aromatic N) is 1. The van der Waals surface area contributed by atoms with Crippen LogP contribution in [0.1, 0.15) is 31.7 Å². The molecule has 25 heavy (non-hydrogen) atoms. The summed E-state index contributed by atoms with van der Waals surface area (Å²) in [6.07, 6.45) is 3.13. The van der Waals surface area contributed by atoms with Gasteiger partial charge in [-0.05, 0) is 62.9 Å². The van der Waals surface area contributed by atoms with E-state index in [9.17, 15) is 4.79 Å². The number of anilines is 2. The van der Waals surface area contributed by atoms with E-state index in [-0.39, 0.29) is 5.91 Å². The van der Waals surface area contributed by atoms with E-state index in [2.05, 4.69) is 16.3 Å².